The topological polar surface area (TPSA) is 68.0 Å². The molecule has 0 radical (unpaired) electrons. The number of nitrogens with zero attached hydrogens (tertiary/aromatic N) is 1. The molecule has 3 N–H and O–H groups in total. The molecule has 0 unspecified atom stereocenters. The van der Waals surface area contributed by atoms with Crippen LogP contribution < -0.4 is 11.1 Å². The zero-order chi connectivity index (χ0) is 13.1. The number of pyridine rings is 1. The first-order chi connectivity index (χ1) is 8.56. The maximum Gasteiger partial charge on any atom is 0.256 e. The Hall–Kier alpha value is -1.95. The van der Waals surface area contributed by atoms with Crippen LogP contribution in [0.2, 0.25) is 0 Å². The number of nitrogen functional groups attached to an aromatic ring is 1. The first-order valence-corrected chi connectivity index (χ1v) is 5.84. The molecule has 0 aliphatic rings. The zero-order valence-corrected chi connectivity index (χ0v) is 10.7. The number of anilines is 2. The monoisotopic (exact) mass is 309 g/mol. The minimum atomic E-state index is -0.647. The highest BCUT2D eigenvalue weighted by Crippen LogP contribution is 2.20. The summed E-state index contributed by atoms with van der Waals surface area (Å²) in [4.78, 5) is 15.4. The minimum Gasteiger partial charge on any atom is -0.398 e. The fourth-order valence-corrected chi connectivity index (χ4v) is 1.71. The van der Waals surface area contributed by atoms with Crippen LogP contribution in [0, 0.1) is 5.95 Å². The Morgan fingerprint density at radius 2 is 2.11 bits per heavy atom. The van der Waals surface area contributed by atoms with Crippen LogP contribution in [0.25, 0.3) is 0 Å². The molecule has 18 heavy (non-hydrogen) atoms. The smallest absolute Gasteiger partial charge is 0.256 e. The molecule has 0 fully saturated rings. The first-order valence-electron chi connectivity index (χ1n) is 5.05. The Morgan fingerprint density at radius 1 is 1.33 bits per heavy atom. The van der Waals surface area contributed by atoms with Crippen molar-refractivity contribution in [2.75, 3.05) is 11.1 Å². The minimum absolute atomic E-state index is 0.160. The number of hydrogen-bond acceptors (Lipinski definition) is 3. The number of amides is 1. The summed E-state index contributed by atoms with van der Waals surface area (Å²) >= 11 is 3.23. The van der Waals surface area contributed by atoms with E-state index < -0.39 is 5.95 Å². The Balaban J connectivity index is 2.19. The molecule has 1 amide bonds. The fourth-order valence-electron chi connectivity index (χ4n) is 1.33. The standard InChI is InChI=1S/C12H9BrFN3O/c13-8-6-7(4-5-9(8)15)12(18)17-11-3-1-2-10(14)16-11/h1-6H,15H2,(H,16,17,18). The van der Waals surface area contributed by atoms with Crippen LogP contribution >= 0.6 is 15.9 Å². The highest BCUT2D eigenvalue weighted by molar-refractivity contribution is 9.10. The second-order valence-corrected chi connectivity index (χ2v) is 4.39. The van der Waals surface area contributed by atoms with Gasteiger partial charge in [0.15, 0.2) is 0 Å². The Bertz CT molecular complexity index is 604. The normalized spacial score (nSPS) is 10.1. The quantitative estimate of drug-likeness (QED) is 0.662. The lowest BCUT2D eigenvalue weighted by Crippen LogP contribution is -2.13. The van der Waals surface area contributed by atoms with E-state index in [4.69, 9.17) is 5.73 Å². The van der Waals surface area contributed by atoms with Gasteiger partial charge in [-0.3, -0.25) is 4.79 Å². The Morgan fingerprint density at radius 3 is 2.78 bits per heavy atom. The van der Waals surface area contributed by atoms with E-state index in [1.165, 1.54) is 18.2 Å². The lowest BCUT2D eigenvalue weighted by molar-refractivity contribution is 0.102. The number of carbonyl (C=O) groups is 1. The summed E-state index contributed by atoms with van der Waals surface area (Å²) in [5.74, 6) is -0.868. The van der Waals surface area contributed by atoms with Gasteiger partial charge in [-0.15, -0.1) is 0 Å². The van der Waals surface area contributed by atoms with Crippen molar-refractivity contribution in [3.8, 4) is 0 Å². The van der Waals surface area contributed by atoms with Crippen molar-refractivity contribution >= 4 is 33.3 Å². The summed E-state index contributed by atoms with van der Waals surface area (Å²) in [6, 6.07) is 8.95. The Kier molecular flexibility index (Phi) is 3.57. The molecule has 4 nitrogen and oxygen atoms in total. The van der Waals surface area contributed by atoms with Gasteiger partial charge in [0.1, 0.15) is 5.82 Å². The molecule has 0 aliphatic heterocycles. The lowest BCUT2D eigenvalue weighted by atomic mass is 10.2. The van der Waals surface area contributed by atoms with E-state index in [1.807, 2.05) is 0 Å². The highest BCUT2D eigenvalue weighted by Gasteiger charge is 2.08. The third-order valence-electron chi connectivity index (χ3n) is 2.22. The van der Waals surface area contributed by atoms with Crippen LogP contribution in [0.4, 0.5) is 15.9 Å². The summed E-state index contributed by atoms with van der Waals surface area (Å²) in [6.07, 6.45) is 0. The maximum atomic E-state index is 12.9. The van der Waals surface area contributed by atoms with Crippen LogP contribution in [-0.2, 0) is 0 Å². The second-order valence-electron chi connectivity index (χ2n) is 3.54. The van der Waals surface area contributed by atoms with Gasteiger partial charge in [0.25, 0.3) is 5.91 Å². The number of nitrogens with one attached hydrogen (secondary N) is 1. The summed E-state index contributed by atoms with van der Waals surface area (Å²) in [7, 11) is 0. The molecule has 1 aromatic heterocycles. The third-order valence-corrected chi connectivity index (χ3v) is 2.91. The molecule has 0 aliphatic carbocycles. The molecular weight excluding hydrogens is 301 g/mol. The van der Waals surface area contributed by atoms with Gasteiger partial charge in [-0.05, 0) is 46.3 Å². The van der Waals surface area contributed by atoms with Crippen LogP contribution in [0.1, 0.15) is 10.4 Å². The number of benzene rings is 1. The van der Waals surface area contributed by atoms with Gasteiger partial charge < -0.3 is 11.1 Å². The van der Waals surface area contributed by atoms with Crippen LogP contribution in [0.3, 0.4) is 0 Å². The summed E-state index contributed by atoms with van der Waals surface area (Å²) in [5.41, 5.74) is 6.56. The molecule has 6 heteroatoms. The molecule has 0 bridgehead atoms. The van der Waals surface area contributed by atoms with Crippen molar-refractivity contribution in [3.63, 3.8) is 0 Å². The van der Waals surface area contributed by atoms with Gasteiger partial charge in [-0.1, -0.05) is 6.07 Å². The molecule has 2 aromatic rings. The predicted octanol–water partition coefficient (Wildman–Crippen LogP) is 2.82. The van der Waals surface area contributed by atoms with Gasteiger partial charge >= 0.3 is 0 Å². The number of rotatable bonds is 2. The van der Waals surface area contributed by atoms with E-state index in [9.17, 15) is 9.18 Å². The van der Waals surface area contributed by atoms with Crippen LogP contribution in [0.5, 0.6) is 0 Å². The molecule has 0 atom stereocenters. The van der Waals surface area contributed by atoms with Crippen molar-refractivity contribution in [2.24, 2.45) is 0 Å². The van der Waals surface area contributed by atoms with Crippen LogP contribution in [0.15, 0.2) is 40.9 Å². The molecular formula is C12H9BrFN3O. The van der Waals surface area contributed by atoms with E-state index in [0.717, 1.165) is 0 Å². The van der Waals surface area contributed by atoms with E-state index in [1.54, 1.807) is 18.2 Å². The molecule has 0 saturated carbocycles. The van der Waals surface area contributed by atoms with E-state index in [0.29, 0.717) is 15.7 Å². The molecule has 1 aromatic carbocycles. The zero-order valence-electron chi connectivity index (χ0n) is 9.15. The van der Waals surface area contributed by atoms with E-state index >= 15 is 0 Å². The first kappa shape index (κ1) is 12.5. The van der Waals surface area contributed by atoms with Crippen LogP contribution in [-0.4, -0.2) is 10.9 Å². The lowest BCUT2D eigenvalue weighted by Gasteiger charge is -2.05. The summed E-state index contributed by atoms with van der Waals surface area (Å²) in [5, 5.41) is 2.49. The summed E-state index contributed by atoms with van der Waals surface area (Å²) in [6.45, 7) is 0. The molecule has 1 heterocycles. The largest absolute Gasteiger partial charge is 0.398 e. The van der Waals surface area contributed by atoms with Crippen molar-refractivity contribution < 1.29 is 9.18 Å². The average Bonchev–Trinajstić information content (AvgIpc) is 2.32. The van der Waals surface area contributed by atoms with Gasteiger partial charge in [0, 0.05) is 15.7 Å². The van der Waals surface area contributed by atoms with E-state index in [2.05, 4.69) is 26.2 Å². The van der Waals surface area contributed by atoms with Crippen molar-refractivity contribution in [1.29, 1.82) is 0 Å². The SMILES string of the molecule is Nc1ccc(C(=O)Nc2cccc(F)n2)cc1Br. The molecule has 0 saturated heterocycles. The van der Waals surface area contributed by atoms with Gasteiger partial charge in [0.05, 0.1) is 0 Å². The molecule has 2 rings (SSSR count). The number of hydrogen-bond donors (Lipinski definition) is 2. The highest BCUT2D eigenvalue weighted by atomic mass is 79.9. The fraction of sp³-hybridized carbons (Fsp3) is 0. The second kappa shape index (κ2) is 5.14. The maximum absolute atomic E-state index is 12.9. The van der Waals surface area contributed by atoms with Gasteiger partial charge in [-0.2, -0.15) is 4.39 Å². The predicted molar refractivity (Wildman–Crippen MR) is 70.7 cm³/mol. The van der Waals surface area contributed by atoms with E-state index in [-0.39, 0.29) is 11.7 Å². The number of nitrogens with two attached hydrogens (primary N) is 1. The third kappa shape index (κ3) is 2.84. The van der Waals surface area contributed by atoms with Gasteiger partial charge in [0.2, 0.25) is 5.95 Å². The number of carbonyl (C=O) groups excluding carboxylic acids is 1. The average molecular weight is 310 g/mol. The van der Waals surface area contributed by atoms with Crippen molar-refractivity contribution in [3.05, 3.63) is 52.4 Å². The molecule has 0 spiro atoms. The summed E-state index contributed by atoms with van der Waals surface area (Å²) < 4.78 is 13.5. The van der Waals surface area contributed by atoms with Gasteiger partial charge in [-0.25, -0.2) is 4.98 Å². The number of aromatic nitrogens is 1. The number of halogens is 2. The molecule has 92 valence electrons. The Labute approximate surface area is 111 Å². The van der Waals surface area contributed by atoms with Crippen molar-refractivity contribution in [1.82, 2.24) is 4.98 Å². The van der Waals surface area contributed by atoms with Crippen molar-refractivity contribution in [2.45, 2.75) is 0 Å².